The normalized spacial score (nSPS) is 9.86. The smallest absolute Gasteiger partial charge is 0.339 e. The molecular formula is C9H13N3O2. The van der Waals surface area contributed by atoms with Gasteiger partial charge in [-0.05, 0) is 13.0 Å². The Morgan fingerprint density at radius 3 is 3.00 bits per heavy atom. The lowest BCUT2D eigenvalue weighted by atomic mass is 10.2. The number of nitrogens with two attached hydrogens (primary N) is 1. The minimum atomic E-state index is -0.989. The number of aryl methyl sites for hydroxylation is 1. The van der Waals surface area contributed by atoms with Gasteiger partial charge < -0.3 is 16.2 Å². The van der Waals surface area contributed by atoms with E-state index in [4.69, 9.17) is 10.8 Å². The second-order valence-corrected chi connectivity index (χ2v) is 2.89. The average molecular weight is 195 g/mol. The number of nitrogens with one attached hydrogen (secondary N) is 1. The molecular weight excluding hydrogens is 182 g/mol. The van der Waals surface area contributed by atoms with Crippen LogP contribution in [0.3, 0.4) is 0 Å². The molecule has 0 aliphatic rings. The highest BCUT2D eigenvalue weighted by Crippen LogP contribution is 2.14. The van der Waals surface area contributed by atoms with Gasteiger partial charge in [-0.2, -0.15) is 0 Å². The molecule has 0 unspecified atom stereocenters. The van der Waals surface area contributed by atoms with Gasteiger partial charge in [0.15, 0.2) is 0 Å². The molecule has 14 heavy (non-hydrogen) atoms. The molecule has 0 saturated heterocycles. The van der Waals surface area contributed by atoms with Crippen LogP contribution in [0.25, 0.3) is 0 Å². The number of hydrogen-bond acceptors (Lipinski definition) is 4. The molecule has 4 N–H and O–H groups in total. The number of carboxylic acids is 1. The van der Waals surface area contributed by atoms with E-state index in [0.29, 0.717) is 18.8 Å². The van der Waals surface area contributed by atoms with Crippen molar-refractivity contribution in [3.63, 3.8) is 0 Å². The number of anilines is 1. The van der Waals surface area contributed by atoms with Crippen molar-refractivity contribution >= 4 is 11.7 Å². The monoisotopic (exact) mass is 195 g/mol. The molecule has 1 aromatic rings. The Kier molecular flexibility index (Phi) is 3.41. The molecule has 0 aliphatic heterocycles. The summed E-state index contributed by atoms with van der Waals surface area (Å²) >= 11 is 0. The van der Waals surface area contributed by atoms with Crippen molar-refractivity contribution in [3.8, 4) is 0 Å². The molecule has 1 aromatic heterocycles. The molecule has 0 atom stereocenters. The standard InChI is InChI=1S/C9H13N3O2/c1-6-4-8(11-3-2-10)7(5-12-6)9(13)14/h4-5H,2-3,10H2,1H3,(H,11,12)(H,13,14). The summed E-state index contributed by atoms with van der Waals surface area (Å²) in [7, 11) is 0. The zero-order valence-electron chi connectivity index (χ0n) is 7.95. The molecule has 0 spiro atoms. The fourth-order valence-corrected chi connectivity index (χ4v) is 1.08. The minimum Gasteiger partial charge on any atom is -0.478 e. The second-order valence-electron chi connectivity index (χ2n) is 2.89. The van der Waals surface area contributed by atoms with Gasteiger partial charge in [-0.15, -0.1) is 0 Å². The van der Waals surface area contributed by atoms with Crippen LogP contribution < -0.4 is 11.1 Å². The van der Waals surface area contributed by atoms with E-state index in [-0.39, 0.29) is 5.56 Å². The highest BCUT2D eigenvalue weighted by Gasteiger charge is 2.09. The number of carboxylic acid groups (broad SMARTS) is 1. The topological polar surface area (TPSA) is 88.2 Å². The highest BCUT2D eigenvalue weighted by molar-refractivity contribution is 5.93. The Balaban J connectivity index is 2.97. The third kappa shape index (κ3) is 2.43. The number of aromatic carboxylic acids is 1. The molecule has 5 heteroatoms. The molecule has 0 fully saturated rings. The fraction of sp³-hybridized carbons (Fsp3) is 0.333. The Bertz CT molecular complexity index is 339. The summed E-state index contributed by atoms with van der Waals surface area (Å²) in [6, 6.07) is 1.69. The fourth-order valence-electron chi connectivity index (χ4n) is 1.08. The van der Waals surface area contributed by atoms with Gasteiger partial charge in [-0.3, -0.25) is 4.98 Å². The zero-order chi connectivity index (χ0) is 10.6. The van der Waals surface area contributed by atoms with Gasteiger partial charge in [0.1, 0.15) is 5.56 Å². The maximum Gasteiger partial charge on any atom is 0.339 e. The van der Waals surface area contributed by atoms with Gasteiger partial charge in [0, 0.05) is 25.0 Å². The lowest BCUT2D eigenvalue weighted by Gasteiger charge is -2.08. The van der Waals surface area contributed by atoms with Crippen LogP contribution in [0.15, 0.2) is 12.3 Å². The Labute approximate surface area is 82.0 Å². The van der Waals surface area contributed by atoms with Crippen molar-refractivity contribution in [1.29, 1.82) is 0 Å². The molecule has 0 radical (unpaired) electrons. The quantitative estimate of drug-likeness (QED) is 0.649. The van der Waals surface area contributed by atoms with Crippen LogP contribution in [0.1, 0.15) is 16.1 Å². The summed E-state index contributed by atoms with van der Waals surface area (Å²) < 4.78 is 0. The molecule has 0 aliphatic carbocycles. The number of nitrogens with zero attached hydrogens (tertiary/aromatic N) is 1. The van der Waals surface area contributed by atoms with Gasteiger partial charge in [0.25, 0.3) is 0 Å². The van der Waals surface area contributed by atoms with E-state index >= 15 is 0 Å². The third-order valence-corrected chi connectivity index (χ3v) is 1.73. The van der Waals surface area contributed by atoms with E-state index in [0.717, 1.165) is 5.69 Å². The predicted octanol–water partition coefficient (Wildman–Crippen LogP) is 0.459. The van der Waals surface area contributed by atoms with Crippen LogP contribution in [0.2, 0.25) is 0 Å². The summed E-state index contributed by atoms with van der Waals surface area (Å²) in [4.78, 5) is 14.7. The summed E-state index contributed by atoms with van der Waals surface area (Å²) in [5.41, 5.74) is 6.82. The van der Waals surface area contributed by atoms with Crippen molar-refractivity contribution in [2.24, 2.45) is 5.73 Å². The van der Waals surface area contributed by atoms with Crippen molar-refractivity contribution < 1.29 is 9.90 Å². The maximum absolute atomic E-state index is 10.8. The van der Waals surface area contributed by atoms with Crippen LogP contribution in [0, 0.1) is 6.92 Å². The molecule has 1 heterocycles. The van der Waals surface area contributed by atoms with Gasteiger partial charge in [0.2, 0.25) is 0 Å². The highest BCUT2D eigenvalue weighted by atomic mass is 16.4. The summed E-state index contributed by atoms with van der Waals surface area (Å²) in [5, 5.41) is 11.8. The Hall–Kier alpha value is -1.62. The molecule has 76 valence electrons. The van der Waals surface area contributed by atoms with Gasteiger partial charge in [-0.1, -0.05) is 0 Å². The Morgan fingerprint density at radius 1 is 1.71 bits per heavy atom. The molecule has 5 nitrogen and oxygen atoms in total. The number of aromatic nitrogens is 1. The van der Waals surface area contributed by atoms with Crippen LogP contribution in [-0.2, 0) is 0 Å². The first-order valence-electron chi connectivity index (χ1n) is 4.29. The van der Waals surface area contributed by atoms with Crippen LogP contribution in [-0.4, -0.2) is 29.1 Å². The summed E-state index contributed by atoms with van der Waals surface area (Å²) in [5.74, 6) is -0.989. The number of carbonyl (C=O) groups is 1. The van der Waals surface area contributed by atoms with Crippen molar-refractivity contribution in [3.05, 3.63) is 23.5 Å². The van der Waals surface area contributed by atoms with Crippen LogP contribution in [0.4, 0.5) is 5.69 Å². The predicted molar refractivity (Wildman–Crippen MR) is 53.5 cm³/mol. The van der Waals surface area contributed by atoms with Gasteiger partial charge >= 0.3 is 5.97 Å². The van der Waals surface area contributed by atoms with E-state index in [9.17, 15) is 4.79 Å². The molecule has 1 rings (SSSR count). The van der Waals surface area contributed by atoms with E-state index in [1.54, 1.807) is 13.0 Å². The van der Waals surface area contributed by atoms with Gasteiger partial charge in [0.05, 0.1) is 5.69 Å². The summed E-state index contributed by atoms with van der Waals surface area (Å²) in [6.45, 7) is 2.81. The second kappa shape index (κ2) is 4.57. The first kappa shape index (κ1) is 10.5. The van der Waals surface area contributed by atoms with Crippen molar-refractivity contribution in [2.45, 2.75) is 6.92 Å². The van der Waals surface area contributed by atoms with E-state index in [1.165, 1.54) is 6.20 Å². The number of hydrogen-bond donors (Lipinski definition) is 3. The zero-order valence-corrected chi connectivity index (χ0v) is 7.95. The largest absolute Gasteiger partial charge is 0.478 e. The van der Waals surface area contributed by atoms with Gasteiger partial charge in [-0.25, -0.2) is 4.79 Å². The maximum atomic E-state index is 10.8. The van der Waals surface area contributed by atoms with E-state index in [1.807, 2.05) is 0 Å². The lowest BCUT2D eigenvalue weighted by molar-refractivity contribution is 0.0697. The van der Waals surface area contributed by atoms with Crippen LogP contribution >= 0.6 is 0 Å². The first-order chi connectivity index (χ1) is 6.65. The third-order valence-electron chi connectivity index (χ3n) is 1.73. The molecule has 0 saturated carbocycles. The van der Waals surface area contributed by atoms with Crippen LogP contribution in [0.5, 0.6) is 0 Å². The number of pyridine rings is 1. The molecule has 0 aromatic carbocycles. The Morgan fingerprint density at radius 2 is 2.43 bits per heavy atom. The van der Waals surface area contributed by atoms with Crippen molar-refractivity contribution in [1.82, 2.24) is 4.98 Å². The average Bonchev–Trinajstić information content (AvgIpc) is 2.14. The number of rotatable bonds is 4. The van der Waals surface area contributed by atoms with Crippen molar-refractivity contribution in [2.75, 3.05) is 18.4 Å². The van der Waals surface area contributed by atoms with E-state index < -0.39 is 5.97 Å². The lowest BCUT2D eigenvalue weighted by Crippen LogP contribution is -2.15. The van der Waals surface area contributed by atoms with E-state index in [2.05, 4.69) is 10.3 Å². The minimum absolute atomic E-state index is 0.170. The molecule has 0 bridgehead atoms. The molecule has 0 amide bonds. The SMILES string of the molecule is Cc1cc(NCCN)c(C(=O)O)cn1. The summed E-state index contributed by atoms with van der Waals surface area (Å²) in [6.07, 6.45) is 1.34. The first-order valence-corrected chi connectivity index (χ1v) is 4.29.